The SMILES string of the molecule is CC(C)(C)OC(=O)Nc1ncc(-c2cn(CCN3CCOCC3)cn2)c2ccc(-c3cccc(F)c3)nc12. The van der Waals surface area contributed by atoms with Gasteiger partial charge in [0.15, 0.2) is 5.82 Å². The van der Waals surface area contributed by atoms with E-state index in [1.165, 1.54) is 12.1 Å². The lowest BCUT2D eigenvalue weighted by atomic mass is 10.1. The summed E-state index contributed by atoms with van der Waals surface area (Å²) in [6.07, 6.45) is 4.83. The Morgan fingerprint density at radius 2 is 1.92 bits per heavy atom. The third-order valence-electron chi connectivity index (χ3n) is 6.16. The number of ether oxygens (including phenoxy) is 2. The minimum absolute atomic E-state index is 0.253. The summed E-state index contributed by atoms with van der Waals surface area (Å²) in [5, 5.41) is 3.48. The molecule has 0 radical (unpaired) electrons. The molecule has 1 N–H and O–H groups in total. The fraction of sp³-hybridized carbons (Fsp3) is 0.357. The molecule has 1 fully saturated rings. The van der Waals surface area contributed by atoms with Crippen molar-refractivity contribution < 1.29 is 18.7 Å². The smallest absolute Gasteiger partial charge is 0.413 e. The molecule has 0 aliphatic carbocycles. The van der Waals surface area contributed by atoms with Gasteiger partial charge in [0.1, 0.15) is 16.9 Å². The first-order valence-electron chi connectivity index (χ1n) is 12.6. The van der Waals surface area contributed by atoms with E-state index in [0.717, 1.165) is 56.0 Å². The second-order valence-corrected chi connectivity index (χ2v) is 10.2. The first-order valence-corrected chi connectivity index (χ1v) is 12.6. The van der Waals surface area contributed by atoms with Crippen LogP contribution in [0.15, 0.2) is 55.1 Å². The fourth-order valence-corrected chi connectivity index (χ4v) is 4.32. The molecule has 9 nitrogen and oxygen atoms in total. The Labute approximate surface area is 220 Å². The first kappa shape index (κ1) is 25.7. The number of aromatic nitrogens is 4. The summed E-state index contributed by atoms with van der Waals surface area (Å²) in [5.41, 5.74) is 2.48. The number of carbonyl (C=O) groups excluding carboxylic acids is 1. The number of fused-ring (bicyclic) bond motifs is 1. The molecule has 1 aliphatic heterocycles. The van der Waals surface area contributed by atoms with Crippen molar-refractivity contribution in [3.05, 3.63) is 60.9 Å². The predicted octanol–water partition coefficient (Wildman–Crippen LogP) is 4.98. The van der Waals surface area contributed by atoms with Crippen LogP contribution in [0.2, 0.25) is 0 Å². The van der Waals surface area contributed by atoms with Crippen LogP contribution in [0, 0.1) is 5.82 Å². The quantitative estimate of drug-likeness (QED) is 0.385. The fourth-order valence-electron chi connectivity index (χ4n) is 4.32. The van der Waals surface area contributed by atoms with Crippen molar-refractivity contribution in [2.75, 3.05) is 38.2 Å². The normalized spacial score (nSPS) is 14.5. The van der Waals surface area contributed by atoms with Crippen LogP contribution < -0.4 is 5.32 Å². The van der Waals surface area contributed by atoms with Gasteiger partial charge < -0.3 is 14.0 Å². The molecule has 0 atom stereocenters. The molecule has 0 unspecified atom stereocenters. The molecule has 0 saturated carbocycles. The van der Waals surface area contributed by atoms with Crippen molar-refractivity contribution >= 4 is 22.8 Å². The molecular formula is C28H31FN6O3. The van der Waals surface area contributed by atoms with Crippen molar-refractivity contribution in [3.8, 4) is 22.5 Å². The Balaban J connectivity index is 1.49. The van der Waals surface area contributed by atoms with Gasteiger partial charge in [-0.15, -0.1) is 0 Å². The number of carbonyl (C=O) groups is 1. The largest absolute Gasteiger partial charge is 0.444 e. The van der Waals surface area contributed by atoms with Crippen molar-refractivity contribution in [3.63, 3.8) is 0 Å². The van der Waals surface area contributed by atoms with Crippen LogP contribution in [0.5, 0.6) is 0 Å². The summed E-state index contributed by atoms with van der Waals surface area (Å²) >= 11 is 0. The van der Waals surface area contributed by atoms with Crippen LogP contribution in [0.3, 0.4) is 0 Å². The molecule has 0 spiro atoms. The molecule has 3 aromatic heterocycles. The van der Waals surface area contributed by atoms with Gasteiger partial charge in [0.2, 0.25) is 0 Å². The summed E-state index contributed by atoms with van der Waals surface area (Å²) in [6.45, 7) is 10.5. The average molecular weight is 519 g/mol. The topological polar surface area (TPSA) is 94.4 Å². The van der Waals surface area contributed by atoms with Gasteiger partial charge >= 0.3 is 6.09 Å². The Hall–Kier alpha value is -3.89. The van der Waals surface area contributed by atoms with Crippen LogP contribution in [-0.2, 0) is 16.0 Å². The number of imidazole rings is 1. The van der Waals surface area contributed by atoms with Crippen LogP contribution in [0.25, 0.3) is 33.4 Å². The van der Waals surface area contributed by atoms with E-state index in [1.807, 2.05) is 24.7 Å². The van der Waals surface area contributed by atoms with Crippen molar-refractivity contribution in [2.24, 2.45) is 0 Å². The zero-order valence-electron chi connectivity index (χ0n) is 21.8. The molecule has 5 rings (SSSR count). The highest BCUT2D eigenvalue weighted by molar-refractivity contribution is 6.03. The summed E-state index contributed by atoms with van der Waals surface area (Å²) in [7, 11) is 0. The number of rotatable bonds is 6. The second-order valence-electron chi connectivity index (χ2n) is 10.2. The number of hydrogen-bond acceptors (Lipinski definition) is 7. The van der Waals surface area contributed by atoms with Crippen molar-refractivity contribution in [2.45, 2.75) is 32.9 Å². The van der Waals surface area contributed by atoms with Crippen LogP contribution in [0.1, 0.15) is 20.8 Å². The number of benzene rings is 1. The molecule has 1 amide bonds. The summed E-state index contributed by atoms with van der Waals surface area (Å²) < 4.78 is 26.8. The number of nitrogens with one attached hydrogen (secondary N) is 1. The van der Waals surface area contributed by atoms with Gasteiger partial charge in [0.25, 0.3) is 0 Å². The molecule has 1 aliphatic rings. The minimum atomic E-state index is -0.673. The van der Waals surface area contributed by atoms with Crippen LogP contribution >= 0.6 is 0 Å². The van der Waals surface area contributed by atoms with E-state index >= 15 is 0 Å². The lowest BCUT2D eigenvalue weighted by Gasteiger charge is -2.26. The van der Waals surface area contributed by atoms with Gasteiger partial charge in [-0.1, -0.05) is 12.1 Å². The van der Waals surface area contributed by atoms with Crippen LogP contribution in [-0.4, -0.2) is 69.0 Å². The highest BCUT2D eigenvalue weighted by Gasteiger charge is 2.20. The molecule has 38 heavy (non-hydrogen) atoms. The third-order valence-corrected chi connectivity index (χ3v) is 6.16. The Kier molecular flexibility index (Phi) is 7.35. The van der Waals surface area contributed by atoms with Gasteiger partial charge in [-0.25, -0.2) is 24.1 Å². The summed E-state index contributed by atoms with van der Waals surface area (Å²) in [4.78, 5) is 28.8. The maximum atomic E-state index is 13.9. The van der Waals surface area contributed by atoms with Gasteiger partial charge in [-0.05, 0) is 45.0 Å². The lowest BCUT2D eigenvalue weighted by molar-refractivity contribution is 0.0364. The summed E-state index contributed by atoms with van der Waals surface area (Å²) in [5.74, 6) is -0.103. The number of pyridine rings is 2. The molecule has 1 saturated heterocycles. The van der Waals surface area contributed by atoms with E-state index in [0.29, 0.717) is 16.8 Å². The number of anilines is 1. The molecule has 4 heterocycles. The van der Waals surface area contributed by atoms with E-state index in [-0.39, 0.29) is 11.6 Å². The van der Waals surface area contributed by atoms with E-state index in [9.17, 15) is 9.18 Å². The van der Waals surface area contributed by atoms with E-state index in [1.54, 1.807) is 39.1 Å². The number of nitrogens with zero attached hydrogens (tertiary/aromatic N) is 5. The zero-order valence-corrected chi connectivity index (χ0v) is 21.8. The van der Waals surface area contributed by atoms with E-state index in [2.05, 4.69) is 24.8 Å². The lowest BCUT2D eigenvalue weighted by Crippen LogP contribution is -2.38. The van der Waals surface area contributed by atoms with Gasteiger partial charge in [-0.3, -0.25) is 10.2 Å². The van der Waals surface area contributed by atoms with Gasteiger partial charge in [0, 0.05) is 55.1 Å². The number of amides is 1. The first-order chi connectivity index (χ1) is 18.2. The Bertz CT molecular complexity index is 1440. The maximum absolute atomic E-state index is 13.9. The monoisotopic (exact) mass is 518 g/mol. The van der Waals surface area contributed by atoms with Crippen LogP contribution in [0.4, 0.5) is 15.0 Å². The van der Waals surface area contributed by atoms with E-state index < -0.39 is 11.7 Å². The highest BCUT2D eigenvalue weighted by atomic mass is 19.1. The average Bonchev–Trinajstić information content (AvgIpc) is 3.36. The van der Waals surface area contributed by atoms with Gasteiger partial charge in [0.05, 0.1) is 30.9 Å². The Morgan fingerprint density at radius 1 is 1.11 bits per heavy atom. The molecule has 198 valence electrons. The Morgan fingerprint density at radius 3 is 2.68 bits per heavy atom. The third kappa shape index (κ3) is 6.15. The number of hydrogen-bond donors (Lipinski definition) is 1. The molecule has 0 bridgehead atoms. The highest BCUT2D eigenvalue weighted by Crippen LogP contribution is 2.32. The second kappa shape index (κ2) is 10.8. The maximum Gasteiger partial charge on any atom is 0.413 e. The minimum Gasteiger partial charge on any atom is -0.444 e. The molecule has 4 aromatic rings. The molecule has 1 aromatic carbocycles. The standard InChI is InChI=1S/C28H31FN6O3/c1-28(2,3)38-27(36)33-26-25-21(7-8-23(32-25)19-5-4-6-20(29)15-19)22(16-30-26)24-17-35(18-31-24)10-9-34-11-13-37-14-12-34/h4-8,15-18H,9-14H2,1-3H3,(H,30,33,36). The molecule has 10 heteroatoms. The predicted molar refractivity (Wildman–Crippen MR) is 143 cm³/mol. The number of morpholine rings is 1. The van der Waals surface area contributed by atoms with Crippen molar-refractivity contribution in [1.29, 1.82) is 0 Å². The van der Waals surface area contributed by atoms with E-state index in [4.69, 9.17) is 14.5 Å². The zero-order chi connectivity index (χ0) is 26.7. The van der Waals surface area contributed by atoms with Gasteiger partial charge in [-0.2, -0.15) is 0 Å². The van der Waals surface area contributed by atoms with Crippen molar-refractivity contribution in [1.82, 2.24) is 24.4 Å². The summed E-state index contributed by atoms with van der Waals surface area (Å²) in [6, 6.07) is 9.94. The number of halogens is 1. The molecular weight excluding hydrogens is 487 g/mol.